The van der Waals surface area contributed by atoms with E-state index < -0.39 is 0 Å². The summed E-state index contributed by atoms with van der Waals surface area (Å²) in [6.07, 6.45) is 8.17. The number of aromatic nitrogens is 3. The third-order valence-electron chi connectivity index (χ3n) is 2.17. The van der Waals surface area contributed by atoms with E-state index in [0.717, 1.165) is 25.3 Å². The third kappa shape index (κ3) is 3.18. The van der Waals surface area contributed by atoms with Crippen LogP contribution in [0.25, 0.3) is 0 Å². The summed E-state index contributed by atoms with van der Waals surface area (Å²) < 4.78 is 0. The highest BCUT2D eigenvalue weighted by atomic mass is 14.9. The summed E-state index contributed by atoms with van der Waals surface area (Å²) in [6.45, 7) is 1.80. The zero-order valence-corrected chi connectivity index (χ0v) is 8.48. The van der Waals surface area contributed by atoms with Crippen LogP contribution in [0.4, 0.5) is 0 Å². The van der Waals surface area contributed by atoms with Gasteiger partial charge in [0.2, 0.25) is 0 Å². The minimum Gasteiger partial charge on any atom is -0.349 e. The number of nitrogens with one attached hydrogen (secondary N) is 2. The van der Waals surface area contributed by atoms with Crippen molar-refractivity contribution < 1.29 is 0 Å². The number of H-pyrrole nitrogens is 1. The van der Waals surface area contributed by atoms with Crippen LogP contribution >= 0.6 is 0 Å². The van der Waals surface area contributed by atoms with Gasteiger partial charge in [-0.1, -0.05) is 0 Å². The normalized spacial score (nSPS) is 10.4. The number of rotatable bonds is 5. The first-order valence-electron chi connectivity index (χ1n) is 5.03. The largest absolute Gasteiger partial charge is 0.349 e. The summed E-state index contributed by atoms with van der Waals surface area (Å²) in [5, 5.41) is 3.35. The minimum atomic E-state index is 0.878. The molecule has 0 radical (unpaired) electrons. The molecule has 78 valence electrons. The molecule has 2 heterocycles. The van der Waals surface area contributed by atoms with E-state index in [1.807, 2.05) is 30.7 Å². The van der Waals surface area contributed by atoms with Gasteiger partial charge >= 0.3 is 0 Å². The molecule has 2 aromatic heterocycles. The van der Waals surface area contributed by atoms with E-state index in [1.165, 1.54) is 5.56 Å². The van der Waals surface area contributed by atoms with Crippen molar-refractivity contribution >= 4 is 0 Å². The molecule has 0 fully saturated rings. The van der Waals surface area contributed by atoms with Crippen LogP contribution in [0.15, 0.2) is 36.9 Å². The van der Waals surface area contributed by atoms with Gasteiger partial charge in [-0.05, 0) is 17.7 Å². The molecule has 0 aliphatic heterocycles. The van der Waals surface area contributed by atoms with E-state index in [1.54, 1.807) is 6.20 Å². The molecule has 0 bridgehead atoms. The SMILES string of the molecule is c1cc(CNCCc2ncc[nH]2)ccn1. The molecule has 4 nitrogen and oxygen atoms in total. The standard InChI is InChI=1S/C11H14N4/c1-4-12-5-2-10(1)9-13-6-3-11-14-7-8-15-11/h1-2,4-5,7-8,13H,3,6,9H2,(H,14,15). The van der Waals surface area contributed by atoms with Gasteiger partial charge in [0, 0.05) is 44.3 Å². The van der Waals surface area contributed by atoms with Crippen LogP contribution in [-0.2, 0) is 13.0 Å². The Morgan fingerprint density at radius 2 is 2.07 bits per heavy atom. The fourth-order valence-corrected chi connectivity index (χ4v) is 1.37. The first kappa shape index (κ1) is 9.86. The van der Waals surface area contributed by atoms with Crippen LogP contribution in [-0.4, -0.2) is 21.5 Å². The highest BCUT2D eigenvalue weighted by molar-refractivity contribution is 5.08. The van der Waals surface area contributed by atoms with Crippen molar-refractivity contribution in [1.82, 2.24) is 20.3 Å². The second-order valence-corrected chi connectivity index (χ2v) is 3.32. The minimum absolute atomic E-state index is 0.878. The lowest BCUT2D eigenvalue weighted by Gasteiger charge is -2.02. The van der Waals surface area contributed by atoms with Crippen LogP contribution in [0, 0.1) is 0 Å². The molecule has 4 heteroatoms. The molecular weight excluding hydrogens is 188 g/mol. The second kappa shape index (κ2) is 5.26. The molecule has 0 atom stereocenters. The fourth-order valence-electron chi connectivity index (χ4n) is 1.37. The Hall–Kier alpha value is -1.68. The average molecular weight is 202 g/mol. The maximum atomic E-state index is 4.16. The maximum absolute atomic E-state index is 4.16. The Kier molecular flexibility index (Phi) is 3.46. The summed E-state index contributed by atoms with van der Waals surface area (Å²) in [6, 6.07) is 4.03. The molecule has 0 aliphatic carbocycles. The topological polar surface area (TPSA) is 53.6 Å². The van der Waals surface area contributed by atoms with Crippen molar-refractivity contribution in [2.24, 2.45) is 0 Å². The van der Waals surface area contributed by atoms with Gasteiger partial charge in [0.1, 0.15) is 5.82 Å². The Bertz CT molecular complexity index is 369. The van der Waals surface area contributed by atoms with Gasteiger partial charge in [-0.2, -0.15) is 0 Å². The van der Waals surface area contributed by atoms with Crippen molar-refractivity contribution in [3.05, 3.63) is 48.3 Å². The lowest BCUT2D eigenvalue weighted by Crippen LogP contribution is -2.17. The molecule has 2 N–H and O–H groups in total. The number of imidazole rings is 1. The highest BCUT2D eigenvalue weighted by Crippen LogP contribution is 1.95. The van der Waals surface area contributed by atoms with Gasteiger partial charge in [-0.25, -0.2) is 4.98 Å². The number of nitrogens with zero attached hydrogens (tertiary/aromatic N) is 2. The molecule has 0 aromatic carbocycles. The van der Waals surface area contributed by atoms with E-state index in [2.05, 4.69) is 20.3 Å². The molecule has 15 heavy (non-hydrogen) atoms. The predicted octanol–water partition coefficient (Wildman–Crippen LogP) is 1.14. The zero-order chi connectivity index (χ0) is 10.3. The number of hydrogen-bond donors (Lipinski definition) is 2. The van der Waals surface area contributed by atoms with E-state index in [4.69, 9.17) is 0 Å². The summed E-state index contributed by atoms with van der Waals surface area (Å²) in [5.74, 6) is 1.03. The van der Waals surface area contributed by atoms with Crippen molar-refractivity contribution in [2.45, 2.75) is 13.0 Å². The number of aromatic amines is 1. The first-order valence-corrected chi connectivity index (χ1v) is 5.03. The quantitative estimate of drug-likeness (QED) is 0.715. The average Bonchev–Trinajstić information content (AvgIpc) is 2.79. The van der Waals surface area contributed by atoms with E-state index in [9.17, 15) is 0 Å². The van der Waals surface area contributed by atoms with Gasteiger partial charge in [0.25, 0.3) is 0 Å². The monoisotopic (exact) mass is 202 g/mol. The molecule has 0 amide bonds. The fraction of sp³-hybridized carbons (Fsp3) is 0.273. The van der Waals surface area contributed by atoms with Crippen LogP contribution in [0.5, 0.6) is 0 Å². The van der Waals surface area contributed by atoms with E-state index in [0.29, 0.717) is 0 Å². The number of hydrogen-bond acceptors (Lipinski definition) is 3. The van der Waals surface area contributed by atoms with Crippen molar-refractivity contribution in [3.8, 4) is 0 Å². The lowest BCUT2D eigenvalue weighted by molar-refractivity contribution is 0.673. The van der Waals surface area contributed by atoms with E-state index in [-0.39, 0.29) is 0 Å². The molecule has 2 aromatic rings. The van der Waals surface area contributed by atoms with Crippen molar-refractivity contribution in [3.63, 3.8) is 0 Å². The second-order valence-electron chi connectivity index (χ2n) is 3.32. The van der Waals surface area contributed by atoms with Crippen LogP contribution < -0.4 is 5.32 Å². The Morgan fingerprint density at radius 3 is 2.80 bits per heavy atom. The molecule has 0 spiro atoms. The Balaban J connectivity index is 1.68. The van der Waals surface area contributed by atoms with Gasteiger partial charge in [-0.3, -0.25) is 4.98 Å². The van der Waals surface area contributed by atoms with Crippen LogP contribution in [0.3, 0.4) is 0 Å². The third-order valence-corrected chi connectivity index (χ3v) is 2.17. The Labute approximate surface area is 88.8 Å². The lowest BCUT2D eigenvalue weighted by atomic mass is 10.2. The van der Waals surface area contributed by atoms with Gasteiger partial charge in [0.05, 0.1) is 0 Å². The van der Waals surface area contributed by atoms with Crippen LogP contribution in [0.2, 0.25) is 0 Å². The molecular formula is C11H14N4. The van der Waals surface area contributed by atoms with Gasteiger partial charge in [-0.15, -0.1) is 0 Å². The first-order chi connectivity index (χ1) is 7.45. The maximum Gasteiger partial charge on any atom is 0.107 e. The molecule has 0 aliphatic rings. The highest BCUT2D eigenvalue weighted by Gasteiger charge is 1.94. The summed E-state index contributed by atoms with van der Waals surface area (Å²) in [7, 11) is 0. The zero-order valence-electron chi connectivity index (χ0n) is 8.48. The van der Waals surface area contributed by atoms with Crippen molar-refractivity contribution in [2.75, 3.05) is 6.54 Å². The van der Waals surface area contributed by atoms with E-state index >= 15 is 0 Å². The van der Waals surface area contributed by atoms with Gasteiger partial charge < -0.3 is 10.3 Å². The van der Waals surface area contributed by atoms with Crippen LogP contribution in [0.1, 0.15) is 11.4 Å². The Morgan fingerprint density at radius 1 is 1.20 bits per heavy atom. The molecule has 2 rings (SSSR count). The van der Waals surface area contributed by atoms with Crippen molar-refractivity contribution in [1.29, 1.82) is 0 Å². The van der Waals surface area contributed by atoms with Gasteiger partial charge in [0.15, 0.2) is 0 Å². The number of pyridine rings is 1. The smallest absolute Gasteiger partial charge is 0.107 e. The molecule has 0 unspecified atom stereocenters. The predicted molar refractivity (Wildman–Crippen MR) is 58.2 cm³/mol. The molecule has 0 saturated carbocycles. The summed E-state index contributed by atoms with van der Waals surface area (Å²) >= 11 is 0. The molecule has 0 saturated heterocycles. The summed E-state index contributed by atoms with van der Waals surface area (Å²) in [5.41, 5.74) is 1.25. The summed E-state index contributed by atoms with van der Waals surface area (Å²) in [4.78, 5) is 11.2.